The Kier molecular flexibility index (Phi) is 4.10. The van der Waals surface area contributed by atoms with E-state index >= 15 is 0 Å². The fourth-order valence-corrected chi connectivity index (χ4v) is 3.84. The van der Waals surface area contributed by atoms with Crippen LogP contribution < -0.4 is 0 Å². The summed E-state index contributed by atoms with van der Waals surface area (Å²) < 4.78 is 42.0. The van der Waals surface area contributed by atoms with Gasteiger partial charge in [-0.05, 0) is 32.0 Å². The van der Waals surface area contributed by atoms with Crippen LogP contribution in [0.2, 0.25) is 0 Å². The van der Waals surface area contributed by atoms with Gasteiger partial charge in [-0.1, -0.05) is 12.1 Å². The number of fused-ring (bicyclic) bond motifs is 3. The number of nitrogens with one attached hydrogen (secondary N) is 1. The van der Waals surface area contributed by atoms with Crippen LogP contribution in [0.5, 0.6) is 5.75 Å². The van der Waals surface area contributed by atoms with E-state index in [1.807, 2.05) is 0 Å². The van der Waals surface area contributed by atoms with Crippen molar-refractivity contribution in [2.75, 3.05) is 6.54 Å². The number of phenols is 1. The van der Waals surface area contributed by atoms with Crippen LogP contribution in [0, 0.1) is 0 Å². The predicted octanol–water partition coefficient (Wildman–Crippen LogP) is 4.20. The first-order valence-corrected chi connectivity index (χ1v) is 8.76. The molecule has 2 aromatic heterocycles. The number of rotatable bonds is 2. The minimum absolute atomic E-state index is 0.00623. The topological polar surface area (TPSA) is 65.0 Å². The number of aromatic nitrogens is 3. The van der Waals surface area contributed by atoms with Gasteiger partial charge >= 0.3 is 6.18 Å². The second-order valence-electron chi connectivity index (χ2n) is 7.05. The summed E-state index contributed by atoms with van der Waals surface area (Å²) >= 11 is 0. The number of hydrogen-bond acceptors (Lipinski definition) is 4. The number of para-hydroxylation sites is 1. The van der Waals surface area contributed by atoms with Gasteiger partial charge in [-0.25, -0.2) is 0 Å². The van der Waals surface area contributed by atoms with Crippen LogP contribution in [0.1, 0.15) is 31.1 Å². The Bertz CT molecular complexity index is 996. The molecule has 0 unspecified atom stereocenters. The van der Waals surface area contributed by atoms with E-state index in [2.05, 4.69) is 15.2 Å². The minimum atomic E-state index is -4.41. The number of H-pyrrole nitrogens is 1. The van der Waals surface area contributed by atoms with Crippen molar-refractivity contribution in [1.82, 2.24) is 20.1 Å². The molecule has 0 aliphatic carbocycles. The van der Waals surface area contributed by atoms with Crippen molar-refractivity contribution in [3.8, 4) is 17.0 Å². The molecule has 0 saturated carbocycles. The molecule has 3 aromatic rings. The molecule has 1 aromatic carbocycles. The maximum atomic E-state index is 14.0. The molecule has 1 aliphatic rings. The van der Waals surface area contributed by atoms with Crippen molar-refractivity contribution in [2.24, 2.45) is 0 Å². The highest BCUT2D eigenvalue weighted by molar-refractivity contribution is 5.86. The standard InChI is InChI=1S/C19H19F3N4O/c1-10(2)26-8-7-13-16(17(26)19(20,21)22)12-9-14(24-25-18(12)23-13)11-5-3-4-6-15(11)27/h3-6,9-10,17,27H,7-8H2,1-2H3,(H,23,25)/t17-/m0/s1. The van der Waals surface area contributed by atoms with E-state index in [4.69, 9.17) is 0 Å². The van der Waals surface area contributed by atoms with E-state index in [1.165, 1.54) is 11.0 Å². The van der Waals surface area contributed by atoms with E-state index in [9.17, 15) is 18.3 Å². The molecule has 5 nitrogen and oxygen atoms in total. The number of hydrogen-bond donors (Lipinski definition) is 2. The molecule has 1 aliphatic heterocycles. The van der Waals surface area contributed by atoms with Crippen molar-refractivity contribution in [1.29, 1.82) is 0 Å². The molecule has 27 heavy (non-hydrogen) atoms. The molecular formula is C19H19F3N4O. The summed E-state index contributed by atoms with van der Waals surface area (Å²) in [6.07, 6.45) is -3.92. The van der Waals surface area contributed by atoms with Gasteiger partial charge < -0.3 is 10.1 Å². The highest BCUT2D eigenvalue weighted by atomic mass is 19.4. The van der Waals surface area contributed by atoms with Crippen LogP contribution in [0.15, 0.2) is 30.3 Å². The Balaban J connectivity index is 1.94. The normalized spacial score (nSPS) is 18.2. The second kappa shape index (κ2) is 6.23. The molecule has 0 amide bonds. The summed E-state index contributed by atoms with van der Waals surface area (Å²) in [5.41, 5.74) is 1.86. The summed E-state index contributed by atoms with van der Waals surface area (Å²) in [5.74, 6) is 0.00623. The molecule has 0 spiro atoms. The lowest BCUT2D eigenvalue weighted by Gasteiger charge is -2.39. The number of benzene rings is 1. The number of phenolic OH excluding ortho intramolecular Hbond substituents is 1. The zero-order chi connectivity index (χ0) is 19.3. The number of alkyl halides is 3. The molecule has 0 fully saturated rings. The SMILES string of the molecule is CC(C)N1CCc2[nH]c3nnc(-c4ccccc4O)cc3c2[C@H]1C(F)(F)F. The fraction of sp³-hybridized carbons (Fsp3) is 0.368. The average Bonchev–Trinajstić information content (AvgIpc) is 2.98. The zero-order valence-electron chi connectivity index (χ0n) is 14.9. The van der Waals surface area contributed by atoms with Gasteiger partial charge in [0.2, 0.25) is 0 Å². The number of aromatic amines is 1. The van der Waals surface area contributed by atoms with Crippen LogP contribution in [-0.4, -0.2) is 44.0 Å². The highest BCUT2D eigenvalue weighted by Gasteiger charge is 2.49. The lowest BCUT2D eigenvalue weighted by Crippen LogP contribution is -2.46. The maximum Gasteiger partial charge on any atom is 0.408 e. The Hall–Kier alpha value is -2.61. The molecule has 4 rings (SSSR count). The van der Waals surface area contributed by atoms with Gasteiger partial charge in [-0.3, -0.25) is 4.90 Å². The molecule has 0 bridgehead atoms. The van der Waals surface area contributed by atoms with E-state index in [0.29, 0.717) is 41.0 Å². The third-order valence-electron chi connectivity index (χ3n) is 5.06. The lowest BCUT2D eigenvalue weighted by molar-refractivity contribution is -0.193. The third kappa shape index (κ3) is 2.93. The average molecular weight is 376 g/mol. The van der Waals surface area contributed by atoms with Crippen molar-refractivity contribution in [3.63, 3.8) is 0 Å². The van der Waals surface area contributed by atoms with Crippen LogP contribution >= 0.6 is 0 Å². The Labute approximate surface area is 153 Å². The minimum Gasteiger partial charge on any atom is -0.507 e. The van der Waals surface area contributed by atoms with Gasteiger partial charge in [-0.2, -0.15) is 13.2 Å². The van der Waals surface area contributed by atoms with Crippen molar-refractivity contribution in [2.45, 2.75) is 38.5 Å². The number of halogens is 3. The molecule has 1 atom stereocenters. The van der Waals surface area contributed by atoms with Gasteiger partial charge in [0, 0.05) is 41.2 Å². The summed E-state index contributed by atoms with van der Waals surface area (Å²) in [5, 5.41) is 18.6. The molecule has 3 heterocycles. The van der Waals surface area contributed by atoms with Crippen molar-refractivity contribution in [3.05, 3.63) is 41.6 Å². The Morgan fingerprint density at radius 2 is 1.96 bits per heavy atom. The Morgan fingerprint density at radius 3 is 2.63 bits per heavy atom. The monoisotopic (exact) mass is 376 g/mol. The number of aromatic hydroxyl groups is 1. The van der Waals surface area contributed by atoms with Gasteiger partial charge in [0.1, 0.15) is 11.8 Å². The zero-order valence-corrected chi connectivity index (χ0v) is 14.9. The largest absolute Gasteiger partial charge is 0.507 e. The van der Waals surface area contributed by atoms with E-state index in [1.54, 1.807) is 38.1 Å². The summed E-state index contributed by atoms with van der Waals surface area (Å²) in [6, 6.07) is 6.20. The first kappa shape index (κ1) is 17.8. The van der Waals surface area contributed by atoms with Crippen LogP contribution in [0.25, 0.3) is 22.3 Å². The highest BCUT2D eigenvalue weighted by Crippen LogP contribution is 2.46. The molecule has 0 saturated heterocycles. The van der Waals surface area contributed by atoms with Gasteiger partial charge in [-0.15, -0.1) is 10.2 Å². The summed E-state index contributed by atoms with van der Waals surface area (Å²) in [4.78, 5) is 4.48. The Morgan fingerprint density at radius 1 is 1.22 bits per heavy atom. The summed E-state index contributed by atoms with van der Waals surface area (Å²) in [6.45, 7) is 3.86. The molecule has 142 valence electrons. The quantitative estimate of drug-likeness (QED) is 0.704. The van der Waals surface area contributed by atoms with Crippen LogP contribution in [0.4, 0.5) is 13.2 Å². The molecule has 2 N–H and O–H groups in total. The second-order valence-corrected chi connectivity index (χ2v) is 7.05. The predicted molar refractivity (Wildman–Crippen MR) is 95.3 cm³/mol. The smallest absolute Gasteiger partial charge is 0.408 e. The first-order valence-electron chi connectivity index (χ1n) is 8.76. The first-order chi connectivity index (χ1) is 12.8. The molecule has 8 heteroatoms. The number of nitrogens with zero attached hydrogens (tertiary/aromatic N) is 3. The fourth-order valence-electron chi connectivity index (χ4n) is 3.84. The van der Waals surface area contributed by atoms with Crippen molar-refractivity contribution < 1.29 is 18.3 Å². The van der Waals surface area contributed by atoms with E-state index < -0.39 is 12.2 Å². The van der Waals surface area contributed by atoms with Crippen LogP contribution in [-0.2, 0) is 6.42 Å². The third-order valence-corrected chi connectivity index (χ3v) is 5.06. The molecule has 0 radical (unpaired) electrons. The maximum absolute atomic E-state index is 14.0. The van der Waals surface area contributed by atoms with E-state index in [-0.39, 0.29) is 17.4 Å². The van der Waals surface area contributed by atoms with Gasteiger partial charge in [0.05, 0.1) is 5.69 Å². The van der Waals surface area contributed by atoms with Crippen LogP contribution in [0.3, 0.4) is 0 Å². The van der Waals surface area contributed by atoms with Gasteiger partial charge in [0.25, 0.3) is 0 Å². The lowest BCUT2D eigenvalue weighted by atomic mass is 9.94. The van der Waals surface area contributed by atoms with Gasteiger partial charge in [0.15, 0.2) is 5.65 Å². The molecular weight excluding hydrogens is 357 g/mol. The summed E-state index contributed by atoms with van der Waals surface area (Å²) in [7, 11) is 0. The van der Waals surface area contributed by atoms with Crippen molar-refractivity contribution >= 4 is 11.0 Å². The van der Waals surface area contributed by atoms with E-state index in [0.717, 1.165) is 0 Å².